The minimum absolute atomic E-state index is 0.0212. The van der Waals surface area contributed by atoms with E-state index < -0.39 is 0 Å². The fraction of sp³-hybridized carbons (Fsp3) is 0.562. The zero-order chi connectivity index (χ0) is 13.9. The molecule has 20 heavy (non-hydrogen) atoms. The number of nitrogens with zero attached hydrogens (tertiary/aromatic N) is 1. The maximum atomic E-state index is 12.3. The molecule has 1 aromatic carbocycles. The van der Waals surface area contributed by atoms with Gasteiger partial charge in [0.05, 0.1) is 0 Å². The van der Waals surface area contributed by atoms with E-state index in [0.717, 1.165) is 24.6 Å². The molecule has 1 saturated heterocycles. The Morgan fingerprint density at radius 1 is 1.20 bits per heavy atom. The van der Waals surface area contributed by atoms with Gasteiger partial charge in [0.15, 0.2) is 0 Å². The molecule has 1 aliphatic carbocycles. The number of carbonyl (C=O) groups is 1. The van der Waals surface area contributed by atoms with E-state index in [9.17, 15) is 4.79 Å². The predicted octanol–water partition coefficient (Wildman–Crippen LogP) is 2.67. The lowest BCUT2D eigenvalue weighted by molar-refractivity contribution is 0.160. The summed E-state index contributed by atoms with van der Waals surface area (Å²) in [5.41, 5.74) is 6.96. The van der Waals surface area contributed by atoms with Gasteiger partial charge >= 0.3 is 6.03 Å². The summed E-state index contributed by atoms with van der Waals surface area (Å²) < 4.78 is 0. The Morgan fingerprint density at radius 2 is 1.95 bits per heavy atom. The normalized spacial score (nSPS) is 26.4. The maximum absolute atomic E-state index is 12.3. The van der Waals surface area contributed by atoms with Crippen LogP contribution in [0.1, 0.15) is 25.7 Å². The third-order valence-electron chi connectivity index (χ3n) is 4.25. The third kappa shape index (κ3) is 3.51. The van der Waals surface area contributed by atoms with E-state index in [4.69, 9.17) is 5.73 Å². The molecule has 3 N–H and O–H groups in total. The van der Waals surface area contributed by atoms with Crippen LogP contribution in [-0.2, 0) is 0 Å². The maximum Gasteiger partial charge on any atom is 0.321 e. The number of anilines is 1. The molecule has 1 aromatic rings. The molecule has 4 nitrogen and oxygen atoms in total. The summed E-state index contributed by atoms with van der Waals surface area (Å²) in [6.07, 6.45) is 5.03. The number of carbonyl (C=O) groups excluding carboxylic acids is 1. The number of rotatable bonds is 3. The van der Waals surface area contributed by atoms with Crippen molar-refractivity contribution < 1.29 is 4.79 Å². The van der Waals surface area contributed by atoms with E-state index >= 15 is 0 Å². The van der Waals surface area contributed by atoms with Gasteiger partial charge in [-0.2, -0.15) is 0 Å². The van der Waals surface area contributed by atoms with Crippen LogP contribution in [0.5, 0.6) is 0 Å². The van der Waals surface area contributed by atoms with Gasteiger partial charge < -0.3 is 16.0 Å². The van der Waals surface area contributed by atoms with Crippen LogP contribution in [0.15, 0.2) is 30.3 Å². The van der Waals surface area contributed by atoms with Gasteiger partial charge in [0.25, 0.3) is 0 Å². The van der Waals surface area contributed by atoms with Gasteiger partial charge in [0.1, 0.15) is 0 Å². The molecule has 1 saturated carbocycles. The second kappa shape index (κ2) is 5.83. The number of hydrogen-bond acceptors (Lipinski definition) is 2. The summed E-state index contributed by atoms with van der Waals surface area (Å²) in [4.78, 5) is 14.2. The number of amides is 2. The van der Waals surface area contributed by atoms with E-state index in [1.807, 2.05) is 35.2 Å². The molecule has 0 spiro atoms. The zero-order valence-electron chi connectivity index (χ0n) is 11.8. The number of para-hydroxylation sites is 1. The molecule has 1 heterocycles. The average Bonchev–Trinajstić information content (AvgIpc) is 3.23. The molecule has 0 radical (unpaired) electrons. The number of hydrogen-bond donors (Lipinski definition) is 2. The highest BCUT2D eigenvalue weighted by Gasteiger charge is 2.32. The monoisotopic (exact) mass is 273 g/mol. The Morgan fingerprint density at radius 3 is 2.65 bits per heavy atom. The Labute approximate surface area is 120 Å². The third-order valence-corrected chi connectivity index (χ3v) is 4.25. The molecule has 2 fully saturated rings. The number of nitrogens with one attached hydrogen (secondary N) is 1. The largest absolute Gasteiger partial charge is 0.326 e. The average molecular weight is 273 g/mol. The number of likely N-dealkylation sites (tertiary alicyclic amines) is 1. The summed E-state index contributed by atoms with van der Waals surface area (Å²) in [5, 5.41) is 2.95. The predicted molar refractivity (Wildman–Crippen MR) is 80.5 cm³/mol. The van der Waals surface area contributed by atoms with E-state index in [1.165, 1.54) is 19.3 Å². The first-order valence-corrected chi connectivity index (χ1v) is 7.57. The van der Waals surface area contributed by atoms with Gasteiger partial charge in [-0.3, -0.25) is 0 Å². The zero-order valence-corrected chi connectivity index (χ0v) is 11.8. The van der Waals surface area contributed by atoms with Crippen molar-refractivity contribution in [2.24, 2.45) is 17.6 Å². The van der Waals surface area contributed by atoms with Crippen LogP contribution < -0.4 is 11.1 Å². The first-order valence-electron chi connectivity index (χ1n) is 7.57. The molecule has 2 atom stereocenters. The minimum atomic E-state index is -0.0212. The van der Waals surface area contributed by atoms with E-state index in [0.29, 0.717) is 12.5 Å². The molecular weight excluding hydrogens is 250 g/mol. The standard InChI is InChI=1S/C16H23N3O/c17-14-9-13(8-12-6-7-12)10-19(11-14)16(20)18-15-4-2-1-3-5-15/h1-5,12-14H,6-11,17H2,(H,18,20). The molecule has 2 unspecified atom stereocenters. The topological polar surface area (TPSA) is 58.4 Å². The SMILES string of the molecule is NC1CC(CC2CC2)CN(C(=O)Nc2ccccc2)C1. The number of nitrogens with two attached hydrogens (primary N) is 1. The summed E-state index contributed by atoms with van der Waals surface area (Å²) >= 11 is 0. The molecule has 0 bridgehead atoms. The van der Waals surface area contributed by atoms with Gasteiger partial charge in [0, 0.05) is 24.8 Å². The van der Waals surface area contributed by atoms with Crippen LogP contribution in [0.3, 0.4) is 0 Å². The van der Waals surface area contributed by atoms with Crippen molar-refractivity contribution in [3.8, 4) is 0 Å². The Bertz CT molecular complexity index is 456. The van der Waals surface area contributed by atoms with Gasteiger partial charge in [-0.1, -0.05) is 31.0 Å². The highest BCUT2D eigenvalue weighted by atomic mass is 16.2. The molecule has 1 aliphatic heterocycles. The van der Waals surface area contributed by atoms with Crippen molar-refractivity contribution in [1.29, 1.82) is 0 Å². The van der Waals surface area contributed by atoms with Gasteiger partial charge in [-0.15, -0.1) is 0 Å². The van der Waals surface area contributed by atoms with Gasteiger partial charge in [0.2, 0.25) is 0 Å². The van der Waals surface area contributed by atoms with E-state index in [1.54, 1.807) is 0 Å². The second-order valence-electron chi connectivity index (χ2n) is 6.24. The highest BCUT2D eigenvalue weighted by Crippen LogP contribution is 2.37. The molecule has 3 rings (SSSR count). The minimum Gasteiger partial charge on any atom is -0.326 e. The molecule has 2 amide bonds. The van der Waals surface area contributed by atoms with Gasteiger partial charge in [-0.05, 0) is 36.8 Å². The number of piperidine rings is 1. The number of urea groups is 1. The van der Waals surface area contributed by atoms with Crippen LogP contribution in [0.2, 0.25) is 0 Å². The van der Waals surface area contributed by atoms with Crippen molar-refractivity contribution in [3.63, 3.8) is 0 Å². The van der Waals surface area contributed by atoms with Crippen LogP contribution in [-0.4, -0.2) is 30.1 Å². The smallest absolute Gasteiger partial charge is 0.321 e. The van der Waals surface area contributed by atoms with Crippen LogP contribution in [0.4, 0.5) is 10.5 Å². The molecule has 0 aromatic heterocycles. The number of benzene rings is 1. The first-order chi connectivity index (χ1) is 9.70. The van der Waals surface area contributed by atoms with Gasteiger partial charge in [-0.25, -0.2) is 4.79 Å². The first kappa shape index (κ1) is 13.4. The van der Waals surface area contributed by atoms with E-state index in [2.05, 4.69) is 5.32 Å². The lowest BCUT2D eigenvalue weighted by Gasteiger charge is -2.36. The van der Waals surface area contributed by atoms with Crippen LogP contribution in [0.25, 0.3) is 0 Å². The Balaban J connectivity index is 1.58. The molecule has 108 valence electrons. The van der Waals surface area contributed by atoms with Crippen LogP contribution >= 0.6 is 0 Å². The fourth-order valence-electron chi connectivity index (χ4n) is 3.13. The van der Waals surface area contributed by atoms with Crippen molar-refractivity contribution in [1.82, 2.24) is 4.90 Å². The van der Waals surface area contributed by atoms with Crippen molar-refractivity contribution in [2.45, 2.75) is 31.7 Å². The molecular formula is C16H23N3O. The Hall–Kier alpha value is -1.55. The summed E-state index contributed by atoms with van der Waals surface area (Å²) in [6, 6.07) is 9.70. The lowest BCUT2D eigenvalue weighted by atomic mass is 9.90. The van der Waals surface area contributed by atoms with Crippen molar-refractivity contribution in [3.05, 3.63) is 30.3 Å². The van der Waals surface area contributed by atoms with Crippen molar-refractivity contribution in [2.75, 3.05) is 18.4 Å². The quantitative estimate of drug-likeness (QED) is 0.889. The molecule has 2 aliphatic rings. The fourth-order valence-corrected chi connectivity index (χ4v) is 3.13. The van der Waals surface area contributed by atoms with E-state index in [-0.39, 0.29) is 12.1 Å². The summed E-state index contributed by atoms with van der Waals surface area (Å²) in [5.74, 6) is 1.47. The second-order valence-corrected chi connectivity index (χ2v) is 6.24. The lowest BCUT2D eigenvalue weighted by Crippen LogP contribution is -2.50. The highest BCUT2D eigenvalue weighted by molar-refractivity contribution is 5.89. The molecule has 4 heteroatoms. The van der Waals surface area contributed by atoms with Crippen LogP contribution in [0, 0.1) is 11.8 Å². The summed E-state index contributed by atoms with van der Waals surface area (Å²) in [7, 11) is 0. The summed E-state index contributed by atoms with van der Waals surface area (Å²) in [6.45, 7) is 1.52. The van der Waals surface area contributed by atoms with Crippen molar-refractivity contribution >= 4 is 11.7 Å². The Kier molecular flexibility index (Phi) is 3.92.